The molecule has 25 heavy (non-hydrogen) atoms. The van der Waals surface area contributed by atoms with Crippen molar-refractivity contribution < 1.29 is 29.4 Å². The van der Waals surface area contributed by atoms with Gasteiger partial charge in [0.2, 0.25) is 0 Å². The first-order valence-electron chi connectivity index (χ1n) is 8.25. The predicted octanol–water partition coefficient (Wildman–Crippen LogP) is 1.05. The first-order valence-corrected chi connectivity index (χ1v) is 8.25. The van der Waals surface area contributed by atoms with Crippen molar-refractivity contribution >= 4 is 17.6 Å². The van der Waals surface area contributed by atoms with Gasteiger partial charge in [0.1, 0.15) is 18.0 Å². The molecule has 2 atom stereocenters. The number of phenols is 1. The molecule has 0 aliphatic carbocycles. The minimum Gasteiger partial charge on any atom is -0.508 e. The summed E-state index contributed by atoms with van der Waals surface area (Å²) in [6.45, 7) is 3.36. The van der Waals surface area contributed by atoms with Crippen molar-refractivity contribution in [3.05, 3.63) is 23.8 Å². The van der Waals surface area contributed by atoms with Gasteiger partial charge in [-0.25, -0.2) is 0 Å². The van der Waals surface area contributed by atoms with Gasteiger partial charge >= 0.3 is 11.9 Å². The number of rotatable bonds is 10. The number of benzene rings is 1. The van der Waals surface area contributed by atoms with Crippen LogP contribution in [-0.2, 0) is 25.6 Å². The predicted molar refractivity (Wildman–Crippen MR) is 91.4 cm³/mol. The molecular weight excluding hydrogens is 328 g/mol. The molecule has 1 aromatic carbocycles. The van der Waals surface area contributed by atoms with Gasteiger partial charge in [-0.15, -0.1) is 0 Å². The number of ether oxygens (including phenoxy) is 1. The third-order valence-electron chi connectivity index (χ3n) is 3.65. The molecule has 0 saturated heterocycles. The van der Waals surface area contributed by atoms with E-state index in [-0.39, 0.29) is 31.6 Å². The summed E-state index contributed by atoms with van der Waals surface area (Å²) >= 11 is 0. The number of nitrogens with two attached hydrogens (primary N) is 1. The van der Waals surface area contributed by atoms with Gasteiger partial charge in [-0.1, -0.05) is 19.9 Å². The van der Waals surface area contributed by atoms with Crippen LogP contribution in [0.1, 0.15) is 38.7 Å². The summed E-state index contributed by atoms with van der Waals surface area (Å²) in [5.41, 5.74) is 9.02. The lowest BCUT2D eigenvalue weighted by atomic mass is 10.1. The first kappa shape index (κ1) is 20.7. The molecule has 0 spiro atoms. The van der Waals surface area contributed by atoms with Crippen molar-refractivity contribution in [2.24, 2.45) is 0 Å². The van der Waals surface area contributed by atoms with E-state index in [0.29, 0.717) is 17.7 Å². The van der Waals surface area contributed by atoms with Gasteiger partial charge in [0.05, 0.1) is 6.54 Å². The van der Waals surface area contributed by atoms with Gasteiger partial charge in [0.15, 0.2) is 0 Å². The zero-order valence-corrected chi connectivity index (χ0v) is 14.5. The molecule has 0 bridgehead atoms. The lowest BCUT2D eigenvalue weighted by molar-refractivity contribution is -0.160. The summed E-state index contributed by atoms with van der Waals surface area (Å²) in [6, 6.07) is 4.76. The normalized spacial score (nSPS) is 13.1. The number of hydroxylamine groups is 1. The second kappa shape index (κ2) is 10.5. The number of hydrogen-bond acceptors (Lipinski definition) is 8. The topological polar surface area (TPSA) is 131 Å². The molecule has 0 amide bonds. The third kappa shape index (κ3) is 6.98. The van der Waals surface area contributed by atoms with Gasteiger partial charge in [-0.3, -0.25) is 9.59 Å². The maximum Gasteiger partial charge on any atom is 0.324 e. The summed E-state index contributed by atoms with van der Waals surface area (Å²) in [7, 11) is 0. The number of nitrogen functional groups attached to an aromatic ring is 1. The summed E-state index contributed by atoms with van der Waals surface area (Å²) in [5, 5.41) is 19.8. The van der Waals surface area contributed by atoms with E-state index in [2.05, 4.69) is 10.3 Å². The highest BCUT2D eigenvalue weighted by Crippen LogP contribution is 2.24. The average Bonchev–Trinajstić information content (AvgIpc) is 2.58. The van der Waals surface area contributed by atoms with Crippen LogP contribution >= 0.6 is 0 Å². The smallest absolute Gasteiger partial charge is 0.324 e. The van der Waals surface area contributed by atoms with Crippen LogP contribution in [0.4, 0.5) is 5.69 Å². The lowest BCUT2D eigenvalue weighted by Gasteiger charge is -2.22. The molecule has 140 valence electrons. The van der Waals surface area contributed by atoms with Gasteiger partial charge in [0, 0.05) is 24.1 Å². The van der Waals surface area contributed by atoms with E-state index in [0.717, 1.165) is 0 Å². The number of phenolic OH excluding ortho intramolecular Hbond substituents is 1. The molecule has 0 fully saturated rings. The monoisotopic (exact) mass is 354 g/mol. The molecule has 0 aliphatic rings. The standard InChI is InChI=1S/C17H26N2O6/c1-3-15(14(21)10-19-25-16(22)4-2)24-17(23)9-8-11-12(18)6-5-7-13(11)20/h5-7,14-15,19-21H,3-4,8-10,18H2,1-2H3. The van der Waals surface area contributed by atoms with E-state index in [1.807, 2.05) is 0 Å². The van der Waals surface area contributed by atoms with Crippen LogP contribution in [-0.4, -0.2) is 40.9 Å². The SMILES string of the molecule is CCC(=O)ONCC(O)C(CC)OC(=O)CCc1c(N)cccc1O. The Labute approximate surface area is 146 Å². The first-order chi connectivity index (χ1) is 11.9. The third-order valence-corrected chi connectivity index (χ3v) is 3.65. The molecule has 0 aliphatic heterocycles. The van der Waals surface area contributed by atoms with Gasteiger partial charge < -0.3 is 25.5 Å². The second-order valence-corrected chi connectivity index (χ2v) is 5.52. The summed E-state index contributed by atoms with van der Waals surface area (Å²) in [4.78, 5) is 27.6. The Morgan fingerprint density at radius 3 is 2.60 bits per heavy atom. The highest BCUT2D eigenvalue weighted by atomic mass is 16.7. The van der Waals surface area contributed by atoms with Crippen molar-refractivity contribution in [1.82, 2.24) is 5.48 Å². The minimum atomic E-state index is -1.02. The zero-order valence-electron chi connectivity index (χ0n) is 14.5. The Balaban J connectivity index is 2.45. The number of carbonyl (C=O) groups excluding carboxylic acids is 2. The fourth-order valence-corrected chi connectivity index (χ4v) is 2.16. The van der Waals surface area contributed by atoms with E-state index >= 15 is 0 Å². The fraction of sp³-hybridized carbons (Fsp3) is 0.529. The maximum absolute atomic E-state index is 12.0. The fourth-order valence-electron chi connectivity index (χ4n) is 2.16. The van der Waals surface area contributed by atoms with Crippen LogP contribution < -0.4 is 11.2 Å². The molecule has 0 aromatic heterocycles. The Morgan fingerprint density at radius 2 is 2.00 bits per heavy atom. The number of aliphatic hydroxyl groups is 1. The average molecular weight is 354 g/mol. The number of nitrogens with one attached hydrogen (secondary N) is 1. The largest absolute Gasteiger partial charge is 0.508 e. The zero-order chi connectivity index (χ0) is 18.8. The number of esters is 1. The van der Waals surface area contributed by atoms with Crippen LogP contribution in [0.2, 0.25) is 0 Å². The Bertz CT molecular complexity index is 558. The van der Waals surface area contributed by atoms with Crippen LogP contribution in [0.25, 0.3) is 0 Å². The number of aromatic hydroxyl groups is 1. The van der Waals surface area contributed by atoms with E-state index < -0.39 is 24.1 Å². The lowest BCUT2D eigenvalue weighted by Crippen LogP contribution is -2.39. The van der Waals surface area contributed by atoms with Crippen LogP contribution in [0, 0.1) is 0 Å². The van der Waals surface area contributed by atoms with Crippen LogP contribution in [0.5, 0.6) is 5.75 Å². The number of anilines is 1. The van der Waals surface area contributed by atoms with E-state index in [1.54, 1.807) is 26.0 Å². The van der Waals surface area contributed by atoms with E-state index in [4.69, 9.17) is 10.5 Å². The molecule has 0 saturated carbocycles. The number of hydrogen-bond donors (Lipinski definition) is 4. The molecule has 1 aromatic rings. The van der Waals surface area contributed by atoms with E-state index in [1.165, 1.54) is 6.07 Å². The molecule has 0 heterocycles. The van der Waals surface area contributed by atoms with Crippen LogP contribution in [0.3, 0.4) is 0 Å². The number of aliphatic hydroxyl groups excluding tert-OH is 1. The molecular formula is C17H26N2O6. The second-order valence-electron chi connectivity index (χ2n) is 5.52. The van der Waals surface area contributed by atoms with Gasteiger partial charge in [-0.2, -0.15) is 5.48 Å². The van der Waals surface area contributed by atoms with Gasteiger partial charge in [-0.05, 0) is 25.0 Å². The quantitative estimate of drug-likeness (QED) is 0.278. The molecule has 2 unspecified atom stereocenters. The Kier molecular flexibility index (Phi) is 8.73. The molecule has 0 radical (unpaired) electrons. The van der Waals surface area contributed by atoms with Crippen molar-refractivity contribution in [2.75, 3.05) is 12.3 Å². The van der Waals surface area contributed by atoms with Crippen molar-refractivity contribution in [2.45, 2.75) is 51.7 Å². The highest BCUT2D eigenvalue weighted by Gasteiger charge is 2.22. The van der Waals surface area contributed by atoms with E-state index in [9.17, 15) is 19.8 Å². The Hall–Kier alpha value is -2.32. The van der Waals surface area contributed by atoms with Gasteiger partial charge in [0.25, 0.3) is 0 Å². The van der Waals surface area contributed by atoms with Crippen LogP contribution in [0.15, 0.2) is 18.2 Å². The molecule has 1 rings (SSSR count). The highest BCUT2D eigenvalue weighted by molar-refractivity contribution is 5.71. The van der Waals surface area contributed by atoms with Crippen molar-refractivity contribution in [1.29, 1.82) is 0 Å². The van der Waals surface area contributed by atoms with Crippen molar-refractivity contribution in [3.63, 3.8) is 0 Å². The summed E-state index contributed by atoms with van der Waals surface area (Å²) in [5.74, 6) is -0.932. The minimum absolute atomic E-state index is 0.0171. The molecule has 8 nitrogen and oxygen atoms in total. The summed E-state index contributed by atoms with van der Waals surface area (Å²) in [6.07, 6.45) is -0.893. The number of carbonyl (C=O) groups is 2. The van der Waals surface area contributed by atoms with Crippen molar-refractivity contribution in [3.8, 4) is 5.75 Å². The molecule has 8 heteroatoms. The molecule has 5 N–H and O–H groups in total. The Morgan fingerprint density at radius 1 is 1.28 bits per heavy atom. The maximum atomic E-state index is 12.0. The summed E-state index contributed by atoms with van der Waals surface area (Å²) < 4.78 is 5.25.